The maximum atomic E-state index is 12.8. The van der Waals surface area contributed by atoms with Crippen LogP contribution in [0.5, 0.6) is 0 Å². The first-order valence-electron chi connectivity index (χ1n) is 6.99. The third kappa shape index (κ3) is 3.65. The predicted molar refractivity (Wildman–Crippen MR) is 82.0 cm³/mol. The maximum Gasteiger partial charge on any atom is 0.433 e. The summed E-state index contributed by atoms with van der Waals surface area (Å²) < 4.78 is 51.0. The van der Waals surface area contributed by atoms with Crippen molar-refractivity contribution in [1.82, 2.24) is 15.4 Å². The maximum absolute atomic E-state index is 12.8. The number of amides is 1. The van der Waals surface area contributed by atoms with E-state index in [4.69, 9.17) is 0 Å². The first-order valence-corrected chi connectivity index (χ1v) is 6.99. The van der Waals surface area contributed by atoms with Crippen molar-refractivity contribution >= 4 is 22.6 Å². The highest BCUT2D eigenvalue weighted by atomic mass is 19.4. The van der Waals surface area contributed by atoms with E-state index in [9.17, 15) is 22.4 Å². The first-order chi connectivity index (χ1) is 11.8. The standard InChI is InChI=1S/C16H10F4N4O/c17-10-3-1-9(2-4-10)15(25)24-23-14-11-5-6-13(16(18,19)20)22-12(11)7-8-21-14/h1-8H,(H,21,23)(H,24,25). The number of aromatic nitrogens is 2. The van der Waals surface area contributed by atoms with Crippen molar-refractivity contribution in [1.29, 1.82) is 0 Å². The molecule has 3 rings (SSSR count). The molecule has 2 N–H and O–H groups in total. The number of alkyl halides is 3. The molecule has 1 aromatic carbocycles. The number of halogens is 4. The van der Waals surface area contributed by atoms with E-state index in [1.54, 1.807) is 0 Å². The number of carbonyl (C=O) groups is 1. The Bertz CT molecular complexity index is 926. The summed E-state index contributed by atoms with van der Waals surface area (Å²) in [7, 11) is 0. The van der Waals surface area contributed by atoms with Gasteiger partial charge in [0.2, 0.25) is 0 Å². The topological polar surface area (TPSA) is 66.9 Å². The van der Waals surface area contributed by atoms with E-state index in [-0.39, 0.29) is 16.9 Å². The van der Waals surface area contributed by atoms with Crippen LogP contribution in [-0.4, -0.2) is 15.9 Å². The molecule has 128 valence electrons. The predicted octanol–water partition coefficient (Wildman–Crippen LogP) is 3.54. The van der Waals surface area contributed by atoms with E-state index in [0.29, 0.717) is 5.39 Å². The van der Waals surface area contributed by atoms with Gasteiger partial charge < -0.3 is 0 Å². The monoisotopic (exact) mass is 350 g/mol. The number of carbonyl (C=O) groups excluding carboxylic acids is 1. The van der Waals surface area contributed by atoms with E-state index in [1.807, 2.05) is 0 Å². The fourth-order valence-electron chi connectivity index (χ4n) is 2.10. The molecule has 3 aromatic rings. The molecule has 0 bridgehead atoms. The van der Waals surface area contributed by atoms with Crippen molar-refractivity contribution in [2.45, 2.75) is 6.18 Å². The van der Waals surface area contributed by atoms with Crippen molar-refractivity contribution in [3.63, 3.8) is 0 Å². The molecule has 25 heavy (non-hydrogen) atoms. The summed E-state index contributed by atoms with van der Waals surface area (Å²) in [6, 6.07) is 8.22. The lowest BCUT2D eigenvalue weighted by molar-refractivity contribution is -0.140. The lowest BCUT2D eigenvalue weighted by Crippen LogP contribution is -2.29. The molecule has 0 aliphatic carbocycles. The number of benzene rings is 1. The van der Waals surface area contributed by atoms with Crippen molar-refractivity contribution < 1.29 is 22.4 Å². The van der Waals surface area contributed by atoms with E-state index < -0.39 is 23.6 Å². The Morgan fingerprint density at radius 2 is 1.72 bits per heavy atom. The lowest BCUT2D eigenvalue weighted by Gasteiger charge is -2.11. The molecule has 0 saturated carbocycles. The summed E-state index contributed by atoms with van der Waals surface area (Å²) in [5.41, 5.74) is 4.13. The second-order valence-electron chi connectivity index (χ2n) is 5.01. The summed E-state index contributed by atoms with van der Waals surface area (Å²) in [4.78, 5) is 19.5. The number of hydrogen-bond donors (Lipinski definition) is 2. The Labute approximate surface area is 138 Å². The van der Waals surface area contributed by atoms with Gasteiger partial charge in [-0.15, -0.1) is 0 Å². The van der Waals surface area contributed by atoms with Crippen molar-refractivity contribution in [3.8, 4) is 0 Å². The van der Waals surface area contributed by atoms with Gasteiger partial charge in [-0.05, 0) is 42.5 Å². The van der Waals surface area contributed by atoms with Gasteiger partial charge in [-0.3, -0.25) is 15.6 Å². The number of nitrogens with zero attached hydrogens (tertiary/aromatic N) is 2. The van der Waals surface area contributed by atoms with Gasteiger partial charge in [0.1, 0.15) is 11.5 Å². The minimum absolute atomic E-state index is 0.0726. The number of rotatable bonds is 3. The molecule has 0 atom stereocenters. The normalized spacial score (nSPS) is 11.4. The van der Waals surface area contributed by atoms with Crippen LogP contribution in [0, 0.1) is 5.82 Å². The van der Waals surface area contributed by atoms with Gasteiger partial charge in [-0.2, -0.15) is 13.2 Å². The van der Waals surface area contributed by atoms with Crippen LogP contribution < -0.4 is 10.9 Å². The zero-order valence-corrected chi connectivity index (χ0v) is 12.4. The number of anilines is 1. The van der Waals surface area contributed by atoms with Gasteiger partial charge in [0.15, 0.2) is 5.82 Å². The second kappa shape index (κ2) is 6.34. The Kier molecular flexibility index (Phi) is 4.22. The Hall–Kier alpha value is -3.23. The van der Waals surface area contributed by atoms with Gasteiger partial charge in [0.05, 0.1) is 5.52 Å². The summed E-state index contributed by atoms with van der Waals surface area (Å²) >= 11 is 0. The molecule has 2 heterocycles. The second-order valence-corrected chi connectivity index (χ2v) is 5.01. The first kappa shape index (κ1) is 16.6. The van der Waals surface area contributed by atoms with Crippen LogP contribution in [0.3, 0.4) is 0 Å². The molecular weight excluding hydrogens is 340 g/mol. The zero-order valence-electron chi connectivity index (χ0n) is 12.4. The quantitative estimate of drug-likeness (QED) is 0.560. The van der Waals surface area contributed by atoms with Gasteiger partial charge in [0.25, 0.3) is 5.91 Å². The number of pyridine rings is 2. The molecule has 0 fully saturated rings. The molecule has 9 heteroatoms. The Morgan fingerprint density at radius 3 is 2.40 bits per heavy atom. The van der Waals surface area contributed by atoms with Crippen LogP contribution in [0.1, 0.15) is 16.1 Å². The third-order valence-corrected chi connectivity index (χ3v) is 3.31. The molecule has 0 saturated heterocycles. The van der Waals surface area contributed by atoms with Gasteiger partial charge in [0, 0.05) is 17.1 Å². The van der Waals surface area contributed by atoms with Gasteiger partial charge >= 0.3 is 6.18 Å². The van der Waals surface area contributed by atoms with E-state index in [1.165, 1.54) is 30.5 Å². The smallest absolute Gasteiger partial charge is 0.281 e. The molecular formula is C16H10F4N4O. The van der Waals surface area contributed by atoms with Crippen LogP contribution in [0.15, 0.2) is 48.7 Å². The minimum atomic E-state index is -4.55. The summed E-state index contributed by atoms with van der Waals surface area (Å²) in [5, 5.41) is 0.301. The fraction of sp³-hybridized carbons (Fsp3) is 0.0625. The highest BCUT2D eigenvalue weighted by Gasteiger charge is 2.32. The summed E-state index contributed by atoms with van der Waals surface area (Å²) in [6.07, 6.45) is -3.29. The van der Waals surface area contributed by atoms with Crippen LogP contribution in [0.2, 0.25) is 0 Å². The zero-order chi connectivity index (χ0) is 18.0. The molecule has 0 radical (unpaired) electrons. The fourth-order valence-corrected chi connectivity index (χ4v) is 2.10. The Morgan fingerprint density at radius 1 is 1.00 bits per heavy atom. The van der Waals surface area contributed by atoms with E-state index >= 15 is 0 Å². The van der Waals surface area contributed by atoms with Crippen LogP contribution in [0.25, 0.3) is 10.9 Å². The van der Waals surface area contributed by atoms with E-state index in [2.05, 4.69) is 20.8 Å². The number of hydrogen-bond acceptors (Lipinski definition) is 4. The van der Waals surface area contributed by atoms with E-state index in [0.717, 1.165) is 18.2 Å². The van der Waals surface area contributed by atoms with Crippen LogP contribution in [-0.2, 0) is 6.18 Å². The van der Waals surface area contributed by atoms with Gasteiger partial charge in [-0.25, -0.2) is 14.4 Å². The number of hydrazine groups is 1. The molecule has 0 spiro atoms. The Balaban J connectivity index is 1.82. The van der Waals surface area contributed by atoms with Crippen LogP contribution >= 0.6 is 0 Å². The highest BCUT2D eigenvalue weighted by molar-refractivity contribution is 5.96. The average Bonchev–Trinajstić information content (AvgIpc) is 2.59. The third-order valence-electron chi connectivity index (χ3n) is 3.31. The lowest BCUT2D eigenvalue weighted by atomic mass is 10.2. The molecule has 0 unspecified atom stereocenters. The average molecular weight is 350 g/mol. The molecule has 5 nitrogen and oxygen atoms in total. The van der Waals surface area contributed by atoms with Crippen molar-refractivity contribution in [3.05, 3.63) is 65.7 Å². The highest BCUT2D eigenvalue weighted by Crippen LogP contribution is 2.30. The summed E-state index contributed by atoms with van der Waals surface area (Å²) in [6.45, 7) is 0. The molecule has 0 aliphatic rings. The van der Waals surface area contributed by atoms with Crippen molar-refractivity contribution in [2.24, 2.45) is 0 Å². The molecule has 2 aromatic heterocycles. The van der Waals surface area contributed by atoms with Crippen LogP contribution in [0.4, 0.5) is 23.4 Å². The minimum Gasteiger partial charge on any atom is -0.281 e. The van der Waals surface area contributed by atoms with Gasteiger partial charge in [-0.1, -0.05) is 0 Å². The SMILES string of the molecule is O=C(NNc1nccc2nc(C(F)(F)F)ccc12)c1ccc(F)cc1. The molecule has 0 aliphatic heterocycles. The largest absolute Gasteiger partial charge is 0.433 e. The van der Waals surface area contributed by atoms with Crippen molar-refractivity contribution in [2.75, 3.05) is 5.43 Å². The summed E-state index contributed by atoms with van der Waals surface area (Å²) in [5.74, 6) is -0.903. The number of nitrogens with one attached hydrogen (secondary N) is 2. The number of fused-ring (bicyclic) bond motifs is 1. The molecule has 1 amide bonds.